The average Bonchev–Trinajstić information content (AvgIpc) is 3.50. The van der Waals surface area contributed by atoms with Gasteiger partial charge in [-0.2, -0.15) is 0 Å². The fraction of sp³-hybridized carbons (Fsp3) is 0.250. The quantitative estimate of drug-likeness (QED) is 0.469. The van der Waals surface area contributed by atoms with Crippen LogP contribution in [0.15, 0.2) is 47.1 Å². The molecule has 0 saturated carbocycles. The molecule has 0 aliphatic carbocycles. The van der Waals surface area contributed by atoms with Crippen molar-refractivity contribution in [3.63, 3.8) is 0 Å². The van der Waals surface area contributed by atoms with Gasteiger partial charge in [0.25, 0.3) is 5.91 Å². The first-order valence-electron chi connectivity index (χ1n) is 10.5. The number of benzene rings is 1. The fourth-order valence-electron chi connectivity index (χ4n) is 4.10. The van der Waals surface area contributed by atoms with Crippen LogP contribution >= 0.6 is 11.3 Å². The Morgan fingerprint density at radius 3 is 2.84 bits per heavy atom. The van der Waals surface area contributed by atoms with Gasteiger partial charge >= 0.3 is 0 Å². The molecule has 2 amide bonds. The van der Waals surface area contributed by atoms with Crippen LogP contribution in [0.3, 0.4) is 0 Å². The molecule has 0 bridgehead atoms. The molecule has 1 fully saturated rings. The molecule has 0 unspecified atom stereocenters. The first-order chi connectivity index (χ1) is 15.5. The minimum atomic E-state index is -0.182. The van der Waals surface area contributed by atoms with Gasteiger partial charge in [-0.3, -0.25) is 9.59 Å². The van der Waals surface area contributed by atoms with Crippen molar-refractivity contribution in [3.8, 4) is 11.6 Å². The van der Waals surface area contributed by atoms with Gasteiger partial charge in [0.15, 0.2) is 11.6 Å². The predicted molar refractivity (Wildman–Crippen MR) is 124 cm³/mol. The molecule has 0 spiro atoms. The van der Waals surface area contributed by atoms with E-state index in [-0.39, 0.29) is 11.8 Å². The van der Waals surface area contributed by atoms with Gasteiger partial charge in [0.1, 0.15) is 4.83 Å². The molecule has 1 aliphatic heterocycles. The highest BCUT2D eigenvalue weighted by Gasteiger charge is 2.22. The van der Waals surface area contributed by atoms with E-state index in [1.54, 1.807) is 12.3 Å². The SMILES string of the molecule is Cc1nc(-c2ccco2)nc2sc(C(=O)Nc3cccc(CN4CCCC4=O)c3)c(C)c12. The number of nitrogens with one attached hydrogen (secondary N) is 1. The summed E-state index contributed by atoms with van der Waals surface area (Å²) >= 11 is 1.35. The molecule has 1 aromatic carbocycles. The molecule has 7 nitrogen and oxygen atoms in total. The van der Waals surface area contributed by atoms with Crippen LogP contribution in [0, 0.1) is 13.8 Å². The number of rotatable bonds is 5. The minimum Gasteiger partial charge on any atom is -0.461 e. The maximum Gasteiger partial charge on any atom is 0.266 e. The topological polar surface area (TPSA) is 88.3 Å². The molecule has 1 saturated heterocycles. The molecule has 5 rings (SSSR count). The van der Waals surface area contributed by atoms with Crippen LogP contribution in [0.2, 0.25) is 0 Å². The van der Waals surface area contributed by atoms with Crippen molar-refractivity contribution in [2.24, 2.45) is 0 Å². The standard InChI is InChI=1S/C24H22N4O3S/c1-14-20-15(2)25-22(18-8-5-11-31-18)27-24(20)32-21(14)23(30)26-17-7-3-6-16(12-17)13-28-10-4-9-19(28)29/h3,5-8,11-12H,4,9-10,13H2,1-2H3,(H,26,30). The van der Waals surface area contributed by atoms with E-state index in [0.29, 0.717) is 35.1 Å². The largest absolute Gasteiger partial charge is 0.461 e. The molecule has 1 N–H and O–H groups in total. The molecule has 0 radical (unpaired) electrons. The summed E-state index contributed by atoms with van der Waals surface area (Å²) in [6.45, 7) is 5.19. The molecule has 8 heteroatoms. The number of nitrogens with zero attached hydrogens (tertiary/aromatic N) is 3. The second-order valence-corrected chi connectivity index (χ2v) is 8.92. The maximum atomic E-state index is 13.1. The normalized spacial score (nSPS) is 13.8. The van der Waals surface area contributed by atoms with Crippen molar-refractivity contribution < 1.29 is 14.0 Å². The Bertz CT molecular complexity index is 1330. The first-order valence-corrected chi connectivity index (χ1v) is 11.3. The molecule has 4 heterocycles. The van der Waals surface area contributed by atoms with E-state index in [1.807, 2.05) is 49.1 Å². The summed E-state index contributed by atoms with van der Waals surface area (Å²) in [6.07, 6.45) is 3.11. The first kappa shape index (κ1) is 20.4. The summed E-state index contributed by atoms with van der Waals surface area (Å²) < 4.78 is 5.43. The maximum absolute atomic E-state index is 13.1. The highest BCUT2D eigenvalue weighted by atomic mass is 32.1. The number of likely N-dealkylation sites (tertiary alicyclic amines) is 1. The molecule has 32 heavy (non-hydrogen) atoms. The van der Waals surface area contributed by atoms with Gasteiger partial charge in [-0.1, -0.05) is 12.1 Å². The number of aromatic nitrogens is 2. The van der Waals surface area contributed by atoms with Gasteiger partial charge in [-0.25, -0.2) is 9.97 Å². The number of carbonyl (C=O) groups is 2. The van der Waals surface area contributed by atoms with Crippen molar-refractivity contribution in [3.05, 3.63) is 64.4 Å². The molecule has 4 aromatic rings. The summed E-state index contributed by atoms with van der Waals surface area (Å²) in [7, 11) is 0. The molecule has 162 valence electrons. The smallest absolute Gasteiger partial charge is 0.266 e. The van der Waals surface area contributed by atoms with Crippen LogP contribution < -0.4 is 5.32 Å². The van der Waals surface area contributed by atoms with Gasteiger partial charge in [-0.05, 0) is 55.7 Å². The van der Waals surface area contributed by atoms with Crippen molar-refractivity contribution in [1.82, 2.24) is 14.9 Å². The third-order valence-electron chi connectivity index (χ3n) is 5.65. The Hall–Kier alpha value is -3.52. The Morgan fingerprint density at radius 2 is 2.09 bits per heavy atom. The van der Waals surface area contributed by atoms with E-state index in [1.165, 1.54) is 11.3 Å². The highest BCUT2D eigenvalue weighted by molar-refractivity contribution is 7.20. The lowest BCUT2D eigenvalue weighted by Gasteiger charge is -2.16. The third-order valence-corrected chi connectivity index (χ3v) is 6.83. The zero-order valence-electron chi connectivity index (χ0n) is 17.8. The average molecular weight is 447 g/mol. The number of furan rings is 1. The molecule has 3 aromatic heterocycles. The summed E-state index contributed by atoms with van der Waals surface area (Å²) in [5.41, 5.74) is 3.38. The van der Waals surface area contributed by atoms with Gasteiger partial charge < -0.3 is 14.6 Å². The number of carbonyl (C=O) groups excluding carboxylic acids is 2. The molecule has 0 atom stereocenters. The number of aryl methyl sites for hydroxylation is 2. The number of anilines is 1. The van der Waals surface area contributed by atoms with Crippen molar-refractivity contribution in [2.75, 3.05) is 11.9 Å². The van der Waals surface area contributed by atoms with Gasteiger partial charge in [0.2, 0.25) is 5.91 Å². The molecular formula is C24H22N4O3S. The molecule has 1 aliphatic rings. The van der Waals surface area contributed by atoms with E-state index in [4.69, 9.17) is 4.42 Å². The van der Waals surface area contributed by atoms with Crippen molar-refractivity contribution >= 4 is 39.1 Å². The van der Waals surface area contributed by atoms with E-state index in [2.05, 4.69) is 15.3 Å². The van der Waals surface area contributed by atoms with Crippen LogP contribution in [0.5, 0.6) is 0 Å². The van der Waals surface area contributed by atoms with Crippen LogP contribution in [-0.4, -0.2) is 33.2 Å². The van der Waals surface area contributed by atoms with E-state index >= 15 is 0 Å². The van der Waals surface area contributed by atoms with Crippen molar-refractivity contribution in [2.45, 2.75) is 33.2 Å². The van der Waals surface area contributed by atoms with Crippen LogP contribution in [0.1, 0.15) is 39.3 Å². The van der Waals surface area contributed by atoms with Crippen LogP contribution in [0.4, 0.5) is 5.69 Å². The van der Waals surface area contributed by atoms with E-state index in [9.17, 15) is 9.59 Å². The number of thiophene rings is 1. The summed E-state index contributed by atoms with van der Waals surface area (Å²) in [4.78, 5) is 37.4. The van der Waals surface area contributed by atoms with E-state index < -0.39 is 0 Å². The second kappa shape index (κ2) is 8.20. The van der Waals surface area contributed by atoms with Gasteiger partial charge in [0, 0.05) is 30.6 Å². The van der Waals surface area contributed by atoms with Crippen LogP contribution in [-0.2, 0) is 11.3 Å². The number of fused-ring (bicyclic) bond motifs is 1. The lowest BCUT2D eigenvalue weighted by molar-refractivity contribution is -0.128. The van der Waals surface area contributed by atoms with Gasteiger partial charge in [0.05, 0.1) is 16.8 Å². The number of amides is 2. The highest BCUT2D eigenvalue weighted by Crippen LogP contribution is 2.33. The Balaban J connectivity index is 1.40. The van der Waals surface area contributed by atoms with Gasteiger partial charge in [-0.15, -0.1) is 11.3 Å². The predicted octanol–water partition coefficient (Wildman–Crippen LogP) is 4.94. The van der Waals surface area contributed by atoms with Crippen LogP contribution in [0.25, 0.3) is 21.8 Å². The molecular weight excluding hydrogens is 424 g/mol. The third kappa shape index (κ3) is 3.78. The number of hydrogen-bond donors (Lipinski definition) is 1. The summed E-state index contributed by atoms with van der Waals surface area (Å²) in [5.74, 6) is 1.11. The summed E-state index contributed by atoms with van der Waals surface area (Å²) in [6, 6.07) is 11.3. The minimum absolute atomic E-state index is 0.182. The second-order valence-electron chi connectivity index (χ2n) is 7.92. The summed E-state index contributed by atoms with van der Waals surface area (Å²) in [5, 5.41) is 3.90. The van der Waals surface area contributed by atoms with E-state index in [0.717, 1.165) is 40.0 Å². The Labute approximate surface area is 189 Å². The fourth-order valence-corrected chi connectivity index (χ4v) is 5.23. The Morgan fingerprint density at radius 1 is 1.22 bits per heavy atom. The number of hydrogen-bond acceptors (Lipinski definition) is 6. The monoisotopic (exact) mass is 446 g/mol. The Kier molecular flexibility index (Phi) is 5.22. The lowest BCUT2D eigenvalue weighted by Crippen LogP contribution is -2.23. The zero-order valence-corrected chi connectivity index (χ0v) is 18.7. The lowest BCUT2D eigenvalue weighted by atomic mass is 10.1. The van der Waals surface area contributed by atoms with Crippen molar-refractivity contribution in [1.29, 1.82) is 0 Å². The zero-order chi connectivity index (χ0) is 22.2.